The van der Waals surface area contributed by atoms with E-state index < -0.39 is 5.97 Å². The molecule has 1 aromatic rings. The highest BCUT2D eigenvalue weighted by Crippen LogP contribution is 2.33. The smallest absolute Gasteiger partial charge is 0.341 e. The fourth-order valence-corrected chi connectivity index (χ4v) is 2.80. The second-order valence-corrected chi connectivity index (χ2v) is 5.34. The van der Waals surface area contributed by atoms with Gasteiger partial charge in [-0.15, -0.1) is 0 Å². The Bertz CT molecular complexity index is 468. The van der Waals surface area contributed by atoms with Crippen molar-refractivity contribution in [3.05, 3.63) is 23.3 Å². The minimum atomic E-state index is -0.980. The summed E-state index contributed by atoms with van der Waals surface area (Å²) in [6, 6.07) is 3.30. The molecule has 20 heavy (non-hydrogen) atoms. The van der Waals surface area contributed by atoms with Gasteiger partial charge in [-0.05, 0) is 37.8 Å². The van der Waals surface area contributed by atoms with E-state index in [-0.39, 0.29) is 6.61 Å². The molecule has 110 valence electrons. The van der Waals surface area contributed by atoms with Crippen LogP contribution in [0, 0.1) is 0 Å². The van der Waals surface area contributed by atoms with Crippen molar-refractivity contribution in [1.82, 2.24) is 0 Å². The van der Waals surface area contributed by atoms with Crippen molar-refractivity contribution >= 4 is 5.97 Å². The average Bonchev–Trinajstić information content (AvgIpc) is 2.43. The van der Waals surface area contributed by atoms with Crippen LogP contribution in [-0.2, 0) is 17.6 Å². The standard InChI is InChI=1S/C16H22O4/c17-14-9-10-15(20-11-16(18)19)13-8-6-4-2-1-3-5-7-12(13)14/h9-10,17H,1-8,11H2,(H,18,19). The van der Waals surface area contributed by atoms with Crippen molar-refractivity contribution in [3.63, 3.8) is 0 Å². The monoisotopic (exact) mass is 278 g/mol. The number of carboxylic acid groups (broad SMARTS) is 1. The molecule has 4 heteroatoms. The molecule has 1 aliphatic carbocycles. The van der Waals surface area contributed by atoms with E-state index in [0.717, 1.165) is 36.8 Å². The Morgan fingerprint density at radius 2 is 1.60 bits per heavy atom. The number of carbonyl (C=O) groups is 1. The molecule has 1 aromatic carbocycles. The van der Waals surface area contributed by atoms with Crippen molar-refractivity contribution in [2.45, 2.75) is 51.4 Å². The lowest BCUT2D eigenvalue weighted by Crippen LogP contribution is -2.11. The van der Waals surface area contributed by atoms with E-state index in [0.29, 0.717) is 11.5 Å². The van der Waals surface area contributed by atoms with Crippen LogP contribution in [0.15, 0.2) is 12.1 Å². The van der Waals surface area contributed by atoms with E-state index in [1.807, 2.05) is 0 Å². The Hall–Kier alpha value is -1.71. The SMILES string of the molecule is O=C(O)COc1ccc(O)c2c1CCCCCCCC2. The molecule has 0 spiro atoms. The number of aromatic hydroxyl groups is 1. The van der Waals surface area contributed by atoms with E-state index in [9.17, 15) is 9.90 Å². The third-order valence-corrected chi connectivity index (χ3v) is 3.82. The molecule has 2 rings (SSSR count). The number of benzene rings is 1. The molecule has 0 unspecified atom stereocenters. The van der Waals surface area contributed by atoms with Gasteiger partial charge in [-0.25, -0.2) is 4.79 Å². The van der Waals surface area contributed by atoms with Gasteiger partial charge < -0.3 is 14.9 Å². The molecule has 0 amide bonds. The summed E-state index contributed by atoms with van der Waals surface area (Å²) in [4.78, 5) is 10.7. The number of carboxylic acids is 1. The third-order valence-electron chi connectivity index (χ3n) is 3.82. The van der Waals surface area contributed by atoms with Gasteiger partial charge in [-0.3, -0.25) is 0 Å². The van der Waals surface area contributed by atoms with Gasteiger partial charge in [0, 0.05) is 11.1 Å². The molecule has 0 bridgehead atoms. The summed E-state index contributed by atoms with van der Waals surface area (Å²) in [5.74, 6) is -0.0595. The fourth-order valence-electron chi connectivity index (χ4n) is 2.80. The number of aliphatic carboxylic acids is 1. The quantitative estimate of drug-likeness (QED) is 0.890. The van der Waals surface area contributed by atoms with Crippen LogP contribution in [0.3, 0.4) is 0 Å². The van der Waals surface area contributed by atoms with Crippen LogP contribution in [-0.4, -0.2) is 22.8 Å². The lowest BCUT2D eigenvalue weighted by molar-refractivity contribution is -0.139. The molecule has 0 saturated heterocycles. The van der Waals surface area contributed by atoms with Crippen LogP contribution in [0.4, 0.5) is 0 Å². The van der Waals surface area contributed by atoms with Crippen molar-refractivity contribution in [3.8, 4) is 11.5 Å². The summed E-state index contributed by atoms with van der Waals surface area (Å²) in [5.41, 5.74) is 1.93. The van der Waals surface area contributed by atoms with Crippen LogP contribution in [0.25, 0.3) is 0 Å². The highest BCUT2D eigenvalue weighted by Gasteiger charge is 2.15. The summed E-state index contributed by atoms with van der Waals surface area (Å²) in [7, 11) is 0. The number of fused-ring (bicyclic) bond motifs is 1. The van der Waals surface area contributed by atoms with E-state index in [1.165, 1.54) is 25.7 Å². The van der Waals surface area contributed by atoms with Crippen molar-refractivity contribution in [2.24, 2.45) is 0 Å². The molecule has 2 N–H and O–H groups in total. The zero-order chi connectivity index (χ0) is 14.4. The molecular weight excluding hydrogens is 256 g/mol. The maximum Gasteiger partial charge on any atom is 0.341 e. The predicted octanol–water partition coefficient (Wildman–Crippen LogP) is 3.29. The number of phenols is 1. The van der Waals surface area contributed by atoms with E-state index in [2.05, 4.69) is 0 Å². The zero-order valence-corrected chi connectivity index (χ0v) is 11.7. The zero-order valence-electron chi connectivity index (χ0n) is 11.7. The summed E-state index contributed by atoms with van der Waals surface area (Å²) < 4.78 is 5.38. The van der Waals surface area contributed by atoms with Crippen LogP contribution in [0.2, 0.25) is 0 Å². The number of ether oxygens (including phenoxy) is 1. The van der Waals surface area contributed by atoms with Crippen LogP contribution in [0.1, 0.15) is 49.7 Å². The van der Waals surface area contributed by atoms with Gasteiger partial charge in [-0.1, -0.05) is 25.7 Å². The molecule has 0 aliphatic heterocycles. The Morgan fingerprint density at radius 1 is 1.00 bits per heavy atom. The Morgan fingerprint density at radius 3 is 2.25 bits per heavy atom. The average molecular weight is 278 g/mol. The van der Waals surface area contributed by atoms with Gasteiger partial charge in [0.15, 0.2) is 6.61 Å². The summed E-state index contributed by atoms with van der Waals surface area (Å²) >= 11 is 0. The van der Waals surface area contributed by atoms with Gasteiger partial charge in [0.25, 0.3) is 0 Å². The van der Waals surface area contributed by atoms with Crippen molar-refractivity contribution in [1.29, 1.82) is 0 Å². The largest absolute Gasteiger partial charge is 0.508 e. The topological polar surface area (TPSA) is 66.8 Å². The fraction of sp³-hybridized carbons (Fsp3) is 0.562. The van der Waals surface area contributed by atoms with Crippen LogP contribution < -0.4 is 4.74 Å². The molecule has 4 nitrogen and oxygen atoms in total. The van der Waals surface area contributed by atoms with Crippen molar-refractivity contribution in [2.75, 3.05) is 6.61 Å². The first-order valence-electron chi connectivity index (χ1n) is 7.37. The highest BCUT2D eigenvalue weighted by molar-refractivity contribution is 5.68. The first-order chi connectivity index (χ1) is 9.68. The first-order valence-corrected chi connectivity index (χ1v) is 7.37. The van der Waals surface area contributed by atoms with Crippen LogP contribution >= 0.6 is 0 Å². The molecule has 1 aliphatic rings. The second kappa shape index (κ2) is 7.17. The number of rotatable bonds is 3. The van der Waals surface area contributed by atoms with Gasteiger partial charge in [0.2, 0.25) is 0 Å². The lowest BCUT2D eigenvalue weighted by atomic mass is 9.93. The molecule has 0 saturated carbocycles. The first kappa shape index (κ1) is 14.7. The summed E-state index contributed by atoms with van der Waals surface area (Å²) in [6.45, 7) is -0.336. The molecule has 0 radical (unpaired) electrons. The van der Waals surface area contributed by atoms with Gasteiger partial charge >= 0.3 is 5.97 Å². The summed E-state index contributed by atoms with van der Waals surface area (Å²) in [6.07, 6.45) is 8.66. The lowest BCUT2D eigenvalue weighted by Gasteiger charge is -2.17. The minimum absolute atomic E-state index is 0.309. The summed E-state index contributed by atoms with van der Waals surface area (Å²) in [5, 5.41) is 18.8. The molecule has 0 atom stereocenters. The predicted molar refractivity (Wildman–Crippen MR) is 76.3 cm³/mol. The van der Waals surface area contributed by atoms with E-state index in [1.54, 1.807) is 12.1 Å². The Labute approximate surface area is 119 Å². The van der Waals surface area contributed by atoms with E-state index >= 15 is 0 Å². The van der Waals surface area contributed by atoms with Gasteiger partial charge in [0.1, 0.15) is 11.5 Å². The third kappa shape index (κ3) is 3.89. The highest BCUT2D eigenvalue weighted by atomic mass is 16.5. The van der Waals surface area contributed by atoms with Gasteiger partial charge in [0.05, 0.1) is 0 Å². The maximum absolute atomic E-state index is 10.7. The molecular formula is C16H22O4. The number of hydrogen-bond donors (Lipinski definition) is 2. The Kier molecular flexibility index (Phi) is 5.27. The molecule has 0 heterocycles. The number of hydrogen-bond acceptors (Lipinski definition) is 3. The van der Waals surface area contributed by atoms with Gasteiger partial charge in [-0.2, -0.15) is 0 Å². The minimum Gasteiger partial charge on any atom is -0.508 e. The van der Waals surface area contributed by atoms with Crippen LogP contribution in [0.5, 0.6) is 11.5 Å². The maximum atomic E-state index is 10.7. The number of phenolic OH excluding ortho intramolecular Hbond substituents is 1. The normalized spacial score (nSPS) is 16.2. The molecule has 0 aromatic heterocycles. The van der Waals surface area contributed by atoms with Crippen molar-refractivity contribution < 1.29 is 19.7 Å². The van der Waals surface area contributed by atoms with E-state index in [4.69, 9.17) is 9.84 Å². The second-order valence-electron chi connectivity index (χ2n) is 5.34. The molecule has 0 fully saturated rings. The Balaban J connectivity index is 2.26.